The Balaban J connectivity index is 2.21. The van der Waals surface area contributed by atoms with E-state index >= 15 is 0 Å². The average Bonchev–Trinajstić information content (AvgIpc) is 2.56. The van der Waals surface area contributed by atoms with Gasteiger partial charge in [-0.05, 0) is 43.5 Å². The van der Waals surface area contributed by atoms with Crippen LogP contribution in [0.4, 0.5) is 0 Å². The average molecular weight is 453 g/mol. The number of phosphoric acid groups is 1. The van der Waals surface area contributed by atoms with E-state index in [2.05, 4.69) is 0 Å². The Morgan fingerprint density at radius 2 is 1.69 bits per heavy atom. The normalized spacial score (nSPS) is 14.9. The molecule has 2 N–H and O–H groups in total. The van der Waals surface area contributed by atoms with Gasteiger partial charge in [-0.3, -0.25) is 13.8 Å². The highest BCUT2D eigenvalue weighted by atomic mass is 35.5. The minimum Gasteiger partial charge on any atom is -0.494 e. The number of quaternary nitrogens is 1. The lowest BCUT2D eigenvalue weighted by molar-refractivity contribution is -0.873. The van der Waals surface area contributed by atoms with E-state index in [1.54, 1.807) is 12.1 Å². The monoisotopic (exact) mass is 452 g/mol. The van der Waals surface area contributed by atoms with Gasteiger partial charge in [0.25, 0.3) is 0 Å². The van der Waals surface area contributed by atoms with Crippen LogP contribution in [0, 0.1) is 0 Å². The second-order valence-electron chi connectivity index (χ2n) is 7.82. The number of ether oxygens (including phenoxy) is 1. The van der Waals surface area contributed by atoms with Crippen LogP contribution in [0.2, 0.25) is 5.02 Å². The van der Waals surface area contributed by atoms with Crippen LogP contribution in [-0.2, 0) is 18.4 Å². The predicted octanol–water partition coefficient (Wildman–Crippen LogP) is 3.96. The van der Waals surface area contributed by atoms with Crippen LogP contribution in [0.5, 0.6) is 5.75 Å². The molecule has 29 heavy (non-hydrogen) atoms. The summed E-state index contributed by atoms with van der Waals surface area (Å²) in [5.41, 5.74) is 0. The topological polar surface area (TPSA) is 102 Å². The van der Waals surface area contributed by atoms with Crippen molar-refractivity contribution in [2.45, 2.75) is 38.2 Å². The third-order valence-electron chi connectivity index (χ3n) is 3.81. The number of rotatable bonds is 15. The van der Waals surface area contributed by atoms with Gasteiger partial charge in [-0.25, -0.2) is 4.57 Å². The molecule has 1 aromatic carbocycles. The van der Waals surface area contributed by atoms with Crippen LogP contribution >= 0.6 is 19.4 Å². The highest BCUT2D eigenvalue weighted by molar-refractivity contribution is 7.47. The molecule has 1 aromatic rings. The summed E-state index contributed by atoms with van der Waals surface area (Å²) >= 11 is 5.81. The smallest absolute Gasteiger partial charge is 0.472 e. The van der Waals surface area contributed by atoms with Crippen molar-refractivity contribution in [3.8, 4) is 5.75 Å². The number of hydrogen-bond acceptors (Lipinski definition) is 5. The Morgan fingerprint density at radius 1 is 1.10 bits per heavy atom. The molecule has 166 valence electrons. The maximum absolute atomic E-state index is 12.1. The van der Waals surface area contributed by atoms with Gasteiger partial charge in [-0.1, -0.05) is 18.0 Å². The number of unbranched alkanes of at least 4 members (excludes halogenated alkanes) is 3. The lowest BCUT2D eigenvalue weighted by Gasteiger charge is -2.29. The molecule has 0 amide bonds. The molecule has 0 aliphatic rings. The van der Waals surface area contributed by atoms with Crippen molar-refractivity contribution in [1.29, 1.82) is 0 Å². The molecule has 1 rings (SSSR count). The van der Waals surface area contributed by atoms with Crippen molar-refractivity contribution in [3.05, 3.63) is 29.3 Å². The van der Waals surface area contributed by atoms with E-state index in [-0.39, 0.29) is 19.6 Å². The summed E-state index contributed by atoms with van der Waals surface area (Å²) in [5, 5.41) is 9.63. The van der Waals surface area contributed by atoms with Gasteiger partial charge in [0.1, 0.15) is 18.4 Å². The number of nitrogens with zero attached hydrogens (tertiary/aromatic N) is 1. The molecule has 0 aromatic heterocycles. The fourth-order valence-electron chi connectivity index (χ4n) is 2.62. The molecule has 1 unspecified atom stereocenters. The highest BCUT2D eigenvalue weighted by Gasteiger charge is 2.31. The fourth-order valence-corrected chi connectivity index (χ4v) is 3.68. The first-order valence-electron chi connectivity index (χ1n) is 9.53. The first kappa shape index (κ1) is 25.9. The molecular weight excluding hydrogens is 421 g/mol. The van der Waals surface area contributed by atoms with E-state index in [0.29, 0.717) is 22.5 Å². The van der Waals surface area contributed by atoms with Gasteiger partial charge in [0.2, 0.25) is 0 Å². The molecule has 2 atom stereocenters. The van der Waals surface area contributed by atoms with E-state index in [9.17, 15) is 14.3 Å². The summed E-state index contributed by atoms with van der Waals surface area (Å²) < 4.78 is 28.2. The van der Waals surface area contributed by atoms with Gasteiger partial charge in [0.15, 0.2) is 0 Å². The van der Waals surface area contributed by atoms with Gasteiger partial charge in [0, 0.05) is 5.02 Å². The molecule has 10 heteroatoms. The Hall–Kier alpha value is -1.15. The van der Waals surface area contributed by atoms with Crippen molar-refractivity contribution in [1.82, 2.24) is 0 Å². The first-order valence-corrected chi connectivity index (χ1v) is 11.4. The number of carboxylic acid groups (broad SMARTS) is 1. The van der Waals surface area contributed by atoms with Crippen molar-refractivity contribution in [2.24, 2.45) is 0 Å². The van der Waals surface area contributed by atoms with E-state index in [1.165, 1.54) is 0 Å². The van der Waals surface area contributed by atoms with Crippen LogP contribution in [0.1, 0.15) is 32.1 Å². The molecule has 0 aliphatic carbocycles. The van der Waals surface area contributed by atoms with Gasteiger partial charge in [0.05, 0.1) is 40.8 Å². The number of halogens is 1. The summed E-state index contributed by atoms with van der Waals surface area (Å²) in [6.07, 6.45) is 1.86. The molecule has 0 heterocycles. The number of benzene rings is 1. The number of carbonyl (C=O) groups is 1. The largest absolute Gasteiger partial charge is 0.494 e. The van der Waals surface area contributed by atoms with E-state index < -0.39 is 19.9 Å². The standard InChI is InChI=1S/C19H31ClNO7P/c1-21(2,3)15-18(14-19(22)23)28-29(24,25)27-13-7-5-4-6-12-26-17-10-8-16(20)9-11-17/h8-11,18H,4-7,12-15H2,1-3H3,(H-,22,23,24,25)/p+1/t18-/m1/s1. The van der Waals surface area contributed by atoms with E-state index in [4.69, 9.17) is 30.5 Å². The van der Waals surface area contributed by atoms with Crippen LogP contribution in [0.25, 0.3) is 0 Å². The quantitative estimate of drug-likeness (QED) is 0.236. The number of likely N-dealkylation sites (N-methyl/N-ethyl adjacent to an activating group) is 1. The molecule has 0 bridgehead atoms. The fraction of sp³-hybridized carbons (Fsp3) is 0.632. The Kier molecular flexibility index (Phi) is 11.2. The molecule has 0 spiro atoms. The van der Waals surface area contributed by atoms with Crippen LogP contribution < -0.4 is 4.74 Å². The SMILES string of the molecule is C[N+](C)(C)C[C@@H](CC(=O)O)OP(=O)(O)OCCCCCCOc1ccc(Cl)cc1. The summed E-state index contributed by atoms with van der Waals surface area (Å²) in [7, 11) is 1.23. The zero-order chi connectivity index (χ0) is 21.9. The van der Waals surface area contributed by atoms with Crippen molar-refractivity contribution in [2.75, 3.05) is 40.9 Å². The third kappa shape index (κ3) is 13.7. The van der Waals surface area contributed by atoms with Crippen molar-refractivity contribution >= 4 is 25.4 Å². The Bertz CT molecular complexity index is 664. The third-order valence-corrected chi connectivity index (χ3v) is 5.14. The van der Waals surface area contributed by atoms with Crippen molar-refractivity contribution in [3.63, 3.8) is 0 Å². The zero-order valence-corrected chi connectivity index (χ0v) is 18.9. The van der Waals surface area contributed by atoms with E-state index in [0.717, 1.165) is 25.0 Å². The molecular formula is C19H32ClNO7P+. The number of carboxylic acids is 1. The lowest BCUT2D eigenvalue weighted by atomic mass is 10.2. The van der Waals surface area contributed by atoms with Gasteiger partial charge in [-0.15, -0.1) is 0 Å². The Labute approximate surface area is 177 Å². The number of aliphatic carboxylic acids is 1. The van der Waals surface area contributed by atoms with Gasteiger partial charge < -0.3 is 19.2 Å². The summed E-state index contributed by atoms with van der Waals surface area (Å²) in [6.45, 7) is 0.913. The molecule has 0 saturated heterocycles. The van der Waals surface area contributed by atoms with Gasteiger partial charge in [-0.2, -0.15) is 0 Å². The van der Waals surface area contributed by atoms with Crippen molar-refractivity contribution < 1.29 is 37.6 Å². The second kappa shape index (κ2) is 12.5. The Morgan fingerprint density at radius 3 is 2.24 bits per heavy atom. The molecule has 0 aliphatic heterocycles. The molecule has 0 radical (unpaired) electrons. The van der Waals surface area contributed by atoms with Crippen LogP contribution in [0.15, 0.2) is 24.3 Å². The summed E-state index contributed by atoms with van der Waals surface area (Å²) in [6, 6.07) is 7.16. The zero-order valence-electron chi connectivity index (χ0n) is 17.3. The maximum atomic E-state index is 12.1. The predicted molar refractivity (Wildman–Crippen MR) is 111 cm³/mol. The second-order valence-corrected chi connectivity index (χ2v) is 9.66. The summed E-state index contributed by atoms with van der Waals surface area (Å²) in [5.74, 6) is -0.329. The maximum Gasteiger partial charge on any atom is 0.472 e. The minimum atomic E-state index is -4.31. The molecule has 0 saturated carbocycles. The van der Waals surface area contributed by atoms with E-state index in [1.807, 2.05) is 33.3 Å². The van der Waals surface area contributed by atoms with Crippen LogP contribution in [0.3, 0.4) is 0 Å². The molecule has 8 nitrogen and oxygen atoms in total. The van der Waals surface area contributed by atoms with Gasteiger partial charge >= 0.3 is 13.8 Å². The highest BCUT2D eigenvalue weighted by Crippen LogP contribution is 2.45. The first-order chi connectivity index (χ1) is 13.5. The van der Waals surface area contributed by atoms with Crippen LogP contribution in [-0.4, -0.2) is 67.5 Å². The summed E-state index contributed by atoms with van der Waals surface area (Å²) in [4.78, 5) is 20.8. The molecule has 0 fully saturated rings. The minimum absolute atomic E-state index is 0.0655. The number of hydrogen-bond donors (Lipinski definition) is 2. The lowest BCUT2D eigenvalue weighted by Crippen LogP contribution is -2.42. The number of phosphoric ester groups is 1.